The fourth-order valence-electron chi connectivity index (χ4n) is 2.39. The lowest BCUT2D eigenvalue weighted by Crippen LogP contribution is -2.17. The van der Waals surface area contributed by atoms with Crippen molar-refractivity contribution >= 4 is 52.3 Å². The van der Waals surface area contributed by atoms with Gasteiger partial charge in [-0.2, -0.15) is 4.37 Å². The first kappa shape index (κ1) is 18.4. The van der Waals surface area contributed by atoms with Crippen molar-refractivity contribution in [1.82, 2.24) is 8.94 Å². The molecule has 0 radical (unpaired) electrons. The lowest BCUT2D eigenvalue weighted by molar-refractivity contribution is 0.412. The lowest BCUT2D eigenvalue weighted by Gasteiger charge is -2.14. The van der Waals surface area contributed by atoms with Crippen molar-refractivity contribution in [3.05, 3.63) is 53.3 Å². The highest BCUT2D eigenvalue weighted by atomic mass is 32.1. The van der Waals surface area contributed by atoms with Crippen LogP contribution in [0.25, 0.3) is 5.69 Å². The van der Waals surface area contributed by atoms with Crippen molar-refractivity contribution in [3.8, 4) is 17.2 Å². The average Bonchev–Trinajstić information content (AvgIpc) is 3.03. The quantitative estimate of drug-likeness (QED) is 0.500. The first-order valence-electron chi connectivity index (χ1n) is 7.54. The maximum atomic E-state index is 5.49. The monoisotopic (exact) mass is 404 g/mol. The van der Waals surface area contributed by atoms with Crippen LogP contribution in [-0.2, 0) is 0 Å². The molecule has 1 heterocycles. The molecule has 1 N–H and O–H groups in total. The first-order chi connectivity index (χ1) is 12.6. The number of para-hydroxylation sites is 4. The number of benzene rings is 2. The van der Waals surface area contributed by atoms with E-state index in [0.29, 0.717) is 22.2 Å². The van der Waals surface area contributed by atoms with Gasteiger partial charge in [0.05, 0.1) is 25.6 Å². The summed E-state index contributed by atoms with van der Waals surface area (Å²) in [5, 5.41) is 3.29. The summed E-state index contributed by atoms with van der Waals surface area (Å²) in [5.74, 6) is 1.95. The molecule has 3 aromatic rings. The van der Waals surface area contributed by atoms with E-state index in [0.717, 1.165) is 11.4 Å². The molecular weight excluding hydrogens is 388 g/mol. The Morgan fingerprint density at radius 2 is 1.77 bits per heavy atom. The zero-order valence-corrected chi connectivity index (χ0v) is 16.6. The zero-order chi connectivity index (χ0) is 18.5. The second kappa shape index (κ2) is 8.35. The van der Waals surface area contributed by atoms with Crippen LogP contribution in [0.3, 0.4) is 0 Å². The van der Waals surface area contributed by atoms with Gasteiger partial charge in [-0.15, -0.1) is 12.6 Å². The first-order valence-corrected chi connectivity index (χ1v) is 9.16. The van der Waals surface area contributed by atoms with Gasteiger partial charge in [-0.1, -0.05) is 36.5 Å². The van der Waals surface area contributed by atoms with Crippen molar-refractivity contribution in [2.75, 3.05) is 19.5 Å². The number of hydrogen-bond donors (Lipinski definition) is 2. The maximum absolute atomic E-state index is 5.49. The number of ether oxygens (including phenoxy) is 2. The van der Waals surface area contributed by atoms with Gasteiger partial charge < -0.3 is 14.8 Å². The van der Waals surface area contributed by atoms with Gasteiger partial charge in [-0.25, -0.2) is 9.56 Å². The van der Waals surface area contributed by atoms with Crippen LogP contribution >= 0.6 is 36.4 Å². The van der Waals surface area contributed by atoms with E-state index in [9.17, 15) is 0 Å². The third kappa shape index (κ3) is 3.90. The van der Waals surface area contributed by atoms with Crippen LogP contribution in [-0.4, -0.2) is 27.5 Å². The fraction of sp³-hybridized carbons (Fsp3) is 0.118. The molecule has 3 rings (SSSR count). The summed E-state index contributed by atoms with van der Waals surface area (Å²) in [6, 6.07) is 15.2. The average molecular weight is 405 g/mol. The third-order valence-corrected chi connectivity index (χ3v) is 4.38. The summed E-state index contributed by atoms with van der Waals surface area (Å²) >= 11 is 10.3. The summed E-state index contributed by atoms with van der Waals surface area (Å²) in [7, 11) is 3.24. The molecule has 134 valence electrons. The Bertz CT molecular complexity index is 997. The Kier molecular flexibility index (Phi) is 5.92. The van der Waals surface area contributed by atoms with E-state index in [1.54, 1.807) is 14.2 Å². The standard InChI is InChI=1S/C17H16N4O2S3/c1-22-13-9-5-3-7-11(13)18-15-20-26-16(19-17(24)25)21(15)12-8-4-6-10-14(12)23-2/h3-10H,1-2H3,(H,18,20)(H,24,25)/b19-16-. The van der Waals surface area contributed by atoms with Gasteiger partial charge in [0.1, 0.15) is 11.5 Å². The zero-order valence-electron chi connectivity index (χ0n) is 14.0. The Morgan fingerprint density at radius 1 is 1.12 bits per heavy atom. The van der Waals surface area contributed by atoms with E-state index in [1.807, 2.05) is 53.1 Å². The van der Waals surface area contributed by atoms with Gasteiger partial charge in [-0.05, 0) is 24.3 Å². The molecule has 0 saturated heterocycles. The van der Waals surface area contributed by atoms with Crippen LogP contribution in [0.4, 0.5) is 11.6 Å². The van der Waals surface area contributed by atoms with Crippen LogP contribution in [0.5, 0.6) is 11.5 Å². The molecule has 0 fully saturated rings. The highest BCUT2D eigenvalue weighted by Crippen LogP contribution is 2.29. The Labute approximate surface area is 165 Å². The number of methoxy groups -OCH3 is 2. The number of anilines is 2. The fourth-order valence-corrected chi connectivity index (χ4v) is 3.39. The maximum Gasteiger partial charge on any atom is 0.225 e. The molecule has 0 unspecified atom stereocenters. The molecule has 0 spiro atoms. The van der Waals surface area contributed by atoms with E-state index in [-0.39, 0.29) is 4.32 Å². The molecule has 0 saturated carbocycles. The van der Waals surface area contributed by atoms with Crippen molar-refractivity contribution in [2.24, 2.45) is 4.99 Å². The summed E-state index contributed by atoms with van der Waals surface area (Å²) < 4.78 is 17.4. The predicted molar refractivity (Wildman–Crippen MR) is 111 cm³/mol. The number of hydrogen-bond acceptors (Lipinski definition) is 6. The Morgan fingerprint density at radius 3 is 2.46 bits per heavy atom. The van der Waals surface area contributed by atoms with Gasteiger partial charge in [0.25, 0.3) is 0 Å². The number of aromatic nitrogens is 2. The molecule has 0 bridgehead atoms. The van der Waals surface area contributed by atoms with E-state index in [2.05, 4.69) is 27.3 Å². The largest absolute Gasteiger partial charge is 0.495 e. The molecule has 1 aromatic heterocycles. The molecular formula is C17H16N4O2S3. The summed E-state index contributed by atoms with van der Waals surface area (Å²) in [4.78, 5) is 4.88. The minimum Gasteiger partial charge on any atom is -0.495 e. The second-order valence-electron chi connectivity index (χ2n) is 5.02. The van der Waals surface area contributed by atoms with Gasteiger partial charge in [-0.3, -0.25) is 0 Å². The van der Waals surface area contributed by atoms with Crippen molar-refractivity contribution in [2.45, 2.75) is 0 Å². The van der Waals surface area contributed by atoms with E-state index < -0.39 is 0 Å². The highest BCUT2D eigenvalue weighted by Gasteiger charge is 2.15. The van der Waals surface area contributed by atoms with E-state index >= 15 is 0 Å². The topological polar surface area (TPSA) is 60.7 Å². The van der Waals surface area contributed by atoms with Gasteiger partial charge in [0, 0.05) is 11.5 Å². The molecule has 0 amide bonds. The van der Waals surface area contributed by atoms with Crippen LogP contribution in [0.1, 0.15) is 0 Å². The highest BCUT2D eigenvalue weighted by molar-refractivity contribution is 8.11. The number of thiocarbonyl (C=S) groups is 1. The van der Waals surface area contributed by atoms with Gasteiger partial charge in [0.15, 0.2) is 4.32 Å². The SMILES string of the molecule is COc1ccccc1Nc1ns/c(=N\C(=S)S)n1-c1ccccc1OC. The molecule has 9 heteroatoms. The van der Waals surface area contributed by atoms with Crippen LogP contribution < -0.4 is 19.6 Å². The predicted octanol–water partition coefficient (Wildman–Crippen LogP) is 3.81. The molecule has 26 heavy (non-hydrogen) atoms. The Balaban J connectivity index is 2.18. The van der Waals surface area contributed by atoms with Crippen LogP contribution in [0.15, 0.2) is 53.5 Å². The lowest BCUT2D eigenvalue weighted by atomic mass is 10.3. The second-order valence-corrected chi connectivity index (χ2v) is 6.86. The molecule has 2 aromatic carbocycles. The van der Waals surface area contributed by atoms with Crippen molar-refractivity contribution in [3.63, 3.8) is 0 Å². The van der Waals surface area contributed by atoms with Gasteiger partial charge >= 0.3 is 0 Å². The smallest absolute Gasteiger partial charge is 0.225 e. The minimum atomic E-state index is 0.223. The number of thiol groups is 1. The Hall–Kier alpha value is -2.36. The molecule has 6 nitrogen and oxygen atoms in total. The third-order valence-electron chi connectivity index (χ3n) is 3.49. The summed E-state index contributed by atoms with van der Waals surface area (Å²) in [6.07, 6.45) is 0. The normalized spacial score (nSPS) is 11.3. The van der Waals surface area contributed by atoms with Crippen LogP contribution in [0.2, 0.25) is 0 Å². The van der Waals surface area contributed by atoms with E-state index in [4.69, 9.17) is 21.7 Å². The molecule has 0 atom stereocenters. The number of nitrogens with zero attached hydrogens (tertiary/aromatic N) is 3. The minimum absolute atomic E-state index is 0.223. The number of nitrogens with one attached hydrogen (secondary N) is 1. The number of rotatable bonds is 5. The summed E-state index contributed by atoms with van der Waals surface area (Å²) in [5.41, 5.74) is 1.56. The van der Waals surface area contributed by atoms with Crippen LogP contribution in [0, 0.1) is 0 Å². The van der Waals surface area contributed by atoms with Crippen molar-refractivity contribution < 1.29 is 9.47 Å². The molecule has 0 aliphatic carbocycles. The molecule has 0 aliphatic heterocycles. The van der Waals surface area contributed by atoms with E-state index in [1.165, 1.54) is 11.5 Å². The van der Waals surface area contributed by atoms with Crippen molar-refractivity contribution in [1.29, 1.82) is 0 Å². The van der Waals surface area contributed by atoms with Gasteiger partial charge in [0.2, 0.25) is 10.7 Å². The molecule has 0 aliphatic rings. The summed E-state index contributed by atoms with van der Waals surface area (Å²) in [6.45, 7) is 0.